The molecule has 3 N–H and O–H groups in total. The van der Waals surface area contributed by atoms with Gasteiger partial charge in [-0.15, -0.1) is 0 Å². The fourth-order valence-electron chi connectivity index (χ4n) is 1.44. The summed E-state index contributed by atoms with van der Waals surface area (Å²) in [6.07, 6.45) is 4.35. The van der Waals surface area contributed by atoms with E-state index in [4.69, 9.17) is 5.73 Å². The number of aromatic nitrogens is 1. The molecule has 2 rings (SSSR count). The van der Waals surface area contributed by atoms with Crippen molar-refractivity contribution in [2.45, 2.75) is 30.2 Å². The van der Waals surface area contributed by atoms with Gasteiger partial charge in [0.2, 0.25) is 10.0 Å². The van der Waals surface area contributed by atoms with Crippen molar-refractivity contribution >= 4 is 15.8 Å². The first-order valence-corrected chi connectivity index (χ1v) is 6.31. The smallest absolute Gasteiger partial charge is 0.244 e. The standard InChI is InChI=1S/C9H13N3O2S/c10-9-8(5-2-6-11-9)15(13,14)12-7-3-1-4-7/h2,5-7,12H,1,3-4H2,(H2,10,11). The van der Waals surface area contributed by atoms with E-state index in [0.29, 0.717) is 0 Å². The van der Waals surface area contributed by atoms with Gasteiger partial charge in [0.1, 0.15) is 10.7 Å². The molecule has 0 bridgehead atoms. The summed E-state index contributed by atoms with van der Waals surface area (Å²) in [7, 11) is -3.49. The van der Waals surface area contributed by atoms with Gasteiger partial charge in [-0.05, 0) is 25.0 Å². The minimum absolute atomic E-state index is 0.0457. The van der Waals surface area contributed by atoms with E-state index in [1.807, 2.05) is 0 Å². The summed E-state index contributed by atoms with van der Waals surface area (Å²) >= 11 is 0. The number of nitrogens with two attached hydrogens (primary N) is 1. The number of anilines is 1. The first-order valence-electron chi connectivity index (χ1n) is 4.82. The summed E-state index contributed by atoms with van der Waals surface area (Å²) in [5.41, 5.74) is 5.51. The summed E-state index contributed by atoms with van der Waals surface area (Å²) < 4.78 is 26.3. The summed E-state index contributed by atoms with van der Waals surface area (Å²) in [4.78, 5) is 3.82. The molecule has 0 radical (unpaired) electrons. The molecule has 1 saturated carbocycles. The minimum Gasteiger partial charge on any atom is -0.383 e. The van der Waals surface area contributed by atoms with E-state index >= 15 is 0 Å². The highest BCUT2D eigenvalue weighted by Gasteiger charge is 2.26. The molecule has 6 heteroatoms. The Labute approximate surface area is 88.8 Å². The maximum absolute atomic E-state index is 11.8. The van der Waals surface area contributed by atoms with Gasteiger partial charge in [-0.3, -0.25) is 0 Å². The molecule has 0 amide bonds. The molecule has 0 spiro atoms. The lowest BCUT2D eigenvalue weighted by Gasteiger charge is -2.26. The van der Waals surface area contributed by atoms with Gasteiger partial charge in [-0.1, -0.05) is 6.42 Å². The molecule has 1 aliphatic carbocycles. The van der Waals surface area contributed by atoms with E-state index < -0.39 is 10.0 Å². The van der Waals surface area contributed by atoms with Crippen molar-refractivity contribution in [1.29, 1.82) is 0 Å². The van der Waals surface area contributed by atoms with E-state index in [-0.39, 0.29) is 16.8 Å². The zero-order chi connectivity index (χ0) is 10.9. The Balaban J connectivity index is 2.24. The number of hydrogen-bond acceptors (Lipinski definition) is 4. The Hall–Kier alpha value is -1.14. The second kappa shape index (κ2) is 3.79. The third-order valence-electron chi connectivity index (χ3n) is 2.52. The topological polar surface area (TPSA) is 85.1 Å². The fourth-order valence-corrected chi connectivity index (χ4v) is 2.83. The number of nitrogen functional groups attached to an aromatic ring is 1. The molecule has 0 aromatic carbocycles. The van der Waals surface area contributed by atoms with Crippen molar-refractivity contribution in [3.05, 3.63) is 18.3 Å². The van der Waals surface area contributed by atoms with Crippen LogP contribution in [0.2, 0.25) is 0 Å². The van der Waals surface area contributed by atoms with E-state index in [1.54, 1.807) is 6.07 Å². The third-order valence-corrected chi connectivity index (χ3v) is 4.08. The molecule has 1 aromatic rings. The minimum atomic E-state index is -3.49. The van der Waals surface area contributed by atoms with Crippen LogP contribution in [0.1, 0.15) is 19.3 Å². The predicted molar refractivity (Wildman–Crippen MR) is 56.6 cm³/mol. The molecule has 0 aliphatic heterocycles. The average molecular weight is 227 g/mol. The van der Waals surface area contributed by atoms with Crippen LogP contribution < -0.4 is 10.5 Å². The number of sulfonamides is 1. The molecule has 0 atom stereocenters. The van der Waals surface area contributed by atoms with Gasteiger partial charge in [0.05, 0.1) is 0 Å². The van der Waals surface area contributed by atoms with Crippen molar-refractivity contribution < 1.29 is 8.42 Å². The zero-order valence-electron chi connectivity index (χ0n) is 8.18. The number of rotatable bonds is 3. The molecule has 1 aromatic heterocycles. The second-order valence-electron chi connectivity index (χ2n) is 3.64. The lowest BCUT2D eigenvalue weighted by Crippen LogP contribution is -2.39. The van der Waals surface area contributed by atoms with Crippen molar-refractivity contribution in [1.82, 2.24) is 9.71 Å². The Bertz CT molecular complexity index is 454. The van der Waals surface area contributed by atoms with Gasteiger partial charge in [-0.2, -0.15) is 0 Å². The highest BCUT2D eigenvalue weighted by atomic mass is 32.2. The maximum atomic E-state index is 11.8. The number of nitrogens with zero attached hydrogens (tertiary/aromatic N) is 1. The summed E-state index contributed by atoms with van der Waals surface area (Å²) in [5, 5.41) is 0. The van der Waals surface area contributed by atoms with Crippen molar-refractivity contribution in [3.63, 3.8) is 0 Å². The predicted octanol–water partition coefficient (Wildman–Crippen LogP) is 0.495. The van der Waals surface area contributed by atoms with Crippen molar-refractivity contribution in [3.8, 4) is 0 Å². The van der Waals surface area contributed by atoms with Crippen LogP contribution in [0.5, 0.6) is 0 Å². The summed E-state index contributed by atoms with van der Waals surface area (Å²) in [6.45, 7) is 0. The van der Waals surface area contributed by atoms with Gasteiger partial charge in [0.25, 0.3) is 0 Å². The zero-order valence-corrected chi connectivity index (χ0v) is 9.00. The van der Waals surface area contributed by atoms with Crippen LogP contribution in [0.25, 0.3) is 0 Å². The quantitative estimate of drug-likeness (QED) is 0.787. The number of hydrogen-bond donors (Lipinski definition) is 2. The molecule has 1 aliphatic rings. The Morgan fingerprint density at radius 1 is 1.47 bits per heavy atom. The van der Waals surface area contributed by atoms with Gasteiger partial charge in [0.15, 0.2) is 0 Å². The van der Waals surface area contributed by atoms with E-state index in [9.17, 15) is 8.42 Å². The molecular weight excluding hydrogens is 214 g/mol. The first-order chi connectivity index (χ1) is 7.09. The lowest BCUT2D eigenvalue weighted by molar-refractivity contribution is 0.383. The monoisotopic (exact) mass is 227 g/mol. The Morgan fingerprint density at radius 3 is 2.73 bits per heavy atom. The molecule has 1 heterocycles. The van der Waals surface area contributed by atoms with Crippen LogP contribution in [0.3, 0.4) is 0 Å². The van der Waals surface area contributed by atoms with Crippen LogP contribution in [0, 0.1) is 0 Å². The molecule has 15 heavy (non-hydrogen) atoms. The van der Waals surface area contributed by atoms with Gasteiger partial charge >= 0.3 is 0 Å². The normalized spacial score (nSPS) is 17.3. The summed E-state index contributed by atoms with van der Waals surface area (Å²) in [5.74, 6) is 0.0457. The van der Waals surface area contributed by atoms with Crippen LogP contribution in [0.4, 0.5) is 5.82 Å². The Kier molecular flexibility index (Phi) is 2.62. The highest BCUT2D eigenvalue weighted by Crippen LogP contribution is 2.22. The fraction of sp³-hybridized carbons (Fsp3) is 0.444. The molecule has 0 saturated heterocycles. The van der Waals surface area contributed by atoms with Crippen LogP contribution >= 0.6 is 0 Å². The molecule has 82 valence electrons. The highest BCUT2D eigenvalue weighted by molar-refractivity contribution is 7.89. The first kappa shape index (κ1) is 10.4. The van der Waals surface area contributed by atoms with E-state index in [1.165, 1.54) is 12.3 Å². The van der Waals surface area contributed by atoms with Gasteiger partial charge in [0, 0.05) is 12.2 Å². The van der Waals surface area contributed by atoms with Crippen LogP contribution in [0.15, 0.2) is 23.2 Å². The van der Waals surface area contributed by atoms with Crippen molar-refractivity contribution in [2.75, 3.05) is 5.73 Å². The third kappa shape index (κ3) is 2.10. The molecule has 5 nitrogen and oxygen atoms in total. The van der Waals surface area contributed by atoms with Crippen LogP contribution in [-0.4, -0.2) is 19.4 Å². The van der Waals surface area contributed by atoms with Crippen LogP contribution in [-0.2, 0) is 10.0 Å². The van der Waals surface area contributed by atoms with Gasteiger partial charge < -0.3 is 5.73 Å². The molecular formula is C9H13N3O2S. The second-order valence-corrected chi connectivity index (χ2v) is 5.32. The largest absolute Gasteiger partial charge is 0.383 e. The average Bonchev–Trinajstić information content (AvgIpc) is 2.12. The van der Waals surface area contributed by atoms with E-state index in [0.717, 1.165) is 19.3 Å². The number of nitrogens with one attached hydrogen (secondary N) is 1. The molecule has 1 fully saturated rings. The number of pyridine rings is 1. The SMILES string of the molecule is Nc1ncccc1S(=O)(=O)NC1CCC1. The van der Waals surface area contributed by atoms with E-state index in [2.05, 4.69) is 9.71 Å². The summed E-state index contributed by atoms with van der Waals surface area (Å²) in [6, 6.07) is 3.09. The van der Waals surface area contributed by atoms with Crippen molar-refractivity contribution in [2.24, 2.45) is 0 Å². The van der Waals surface area contributed by atoms with Gasteiger partial charge in [-0.25, -0.2) is 18.1 Å². The lowest BCUT2D eigenvalue weighted by atomic mass is 9.94. The molecule has 0 unspecified atom stereocenters. The Morgan fingerprint density at radius 2 is 2.20 bits per heavy atom. The maximum Gasteiger partial charge on any atom is 0.244 e.